The normalized spacial score (nSPS) is 11.4. The molecule has 1 aromatic heterocycles. The van der Waals surface area contributed by atoms with E-state index in [1.54, 1.807) is 12.1 Å². The topological polar surface area (TPSA) is 59.8 Å². The first-order valence-corrected chi connectivity index (χ1v) is 12.5. The summed E-state index contributed by atoms with van der Waals surface area (Å²) in [6.45, 7) is 0.0411. The van der Waals surface area contributed by atoms with Crippen LogP contribution in [0.4, 0.5) is 13.2 Å². The molecule has 186 valence electrons. The van der Waals surface area contributed by atoms with Crippen molar-refractivity contribution in [1.82, 2.24) is 20.1 Å². The van der Waals surface area contributed by atoms with Crippen LogP contribution in [0.15, 0.2) is 84.0 Å². The van der Waals surface area contributed by atoms with Crippen LogP contribution in [-0.4, -0.2) is 26.4 Å². The highest BCUT2D eigenvalue weighted by molar-refractivity contribution is 7.99. The fraction of sp³-hybridized carbons (Fsp3) is 0.192. The smallest absolute Gasteiger partial charge is 0.352 e. The number of aromatic nitrogens is 3. The number of thioether (sulfide) groups is 1. The number of amides is 1. The van der Waals surface area contributed by atoms with Crippen LogP contribution in [0.2, 0.25) is 5.02 Å². The first kappa shape index (κ1) is 25.8. The van der Waals surface area contributed by atoms with Crippen molar-refractivity contribution in [2.24, 2.45) is 0 Å². The monoisotopic (exact) mass is 530 g/mol. The molecule has 0 fully saturated rings. The van der Waals surface area contributed by atoms with E-state index in [-0.39, 0.29) is 18.9 Å². The molecule has 1 amide bonds. The largest absolute Gasteiger partial charge is 0.416 e. The molecule has 0 atom stereocenters. The van der Waals surface area contributed by atoms with Gasteiger partial charge in [-0.2, -0.15) is 13.2 Å². The highest BCUT2D eigenvalue weighted by Crippen LogP contribution is 2.32. The molecule has 0 unspecified atom stereocenters. The van der Waals surface area contributed by atoms with Gasteiger partial charge in [0.05, 0.1) is 10.6 Å². The molecule has 0 aliphatic rings. The number of benzene rings is 3. The lowest BCUT2D eigenvalue weighted by Crippen LogP contribution is -2.22. The maximum atomic E-state index is 12.9. The Morgan fingerprint density at radius 1 is 0.972 bits per heavy atom. The first-order chi connectivity index (χ1) is 17.3. The molecular weight excluding hydrogens is 509 g/mol. The molecule has 36 heavy (non-hydrogen) atoms. The lowest BCUT2D eigenvalue weighted by atomic mass is 10.1. The molecule has 4 rings (SSSR count). The van der Waals surface area contributed by atoms with E-state index < -0.39 is 11.7 Å². The number of rotatable bonds is 9. The van der Waals surface area contributed by atoms with Gasteiger partial charge >= 0.3 is 6.18 Å². The molecule has 1 heterocycles. The number of hydrogen-bond donors (Lipinski definition) is 1. The number of carbonyl (C=O) groups excluding carboxylic acids is 1. The predicted molar refractivity (Wildman–Crippen MR) is 135 cm³/mol. The number of hydrogen-bond acceptors (Lipinski definition) is 4. The van der Waals surface area contributed by atoms with E-state index in [0.717, 1.165) is 23.4 Å². The number of nitrogens with zero attached hydrogens (tertiary/aromatic N) is 3. The van der Waals surface area contributed by atoms with Gasteiger partial charge in [0.1, 0.15) is 0 Å². The Hall–Kier alpha value is -3.30. The van der Waals surface area contributed by atoms with Crippen molar-refractivity contribution in [1.29, 1.82) is 0 Å². The zero-order valence-electron chi connectivity index (χ0n) is 19.0. The second kappa shape index (κ2) is 11.6. The Morgan fingerprint density at radius 2 is 1.72 bits per heavy atom. The van der Waals surface area contributed by atoms with Gasteiger partial charge < -0.3 is 5.32 Å². The third-order valence-corrected chi connectivity index (χ3v) is 6.63. The summed E-state index contributed by atoms with van der Waals surface area (Å²) in [7, 11) is 0. The van der Waals surface area contributed by atoms with Gasteiger partial charge in [-0.25, -0.2) is 0 Å². The molecule has 5 nitrogen and oxygen atoms in total. The number of carbonyl (C=O) groups is 1. The van der Waals surface area contributed by atoms with Crippen molar-refractivity contribution in [2.75, 3.05) is 5.75 Å². The molecule has 0 saturated carbocycles. The van der Waals surface area contributed by atoms with Gasteiger partial charge in [0, 0.05) is 30.0 Å². The number of nitrogens with one attached hydrogen (secondary N) is 1. The van der Waals surface area contributed by atoms with E-state index in [1.807, 2.05) is 53.1 Å². The van der Waals surface area contributed by atoms with E-state index in [9.17, 15) is 18.0 Å². The Morgan fingerprint density at radius 3 is 2.47 bits per heavy atom. The minimum atomic E-state index is -4.41. The van der Waals surface area contributed by atoms with Crippen molar-refractivity contribution in [2.45, 2.75) is 30.7 Å². The third-order valence-electron chi connectivity index (χ3n) is 5.29. The second-order valence-electron chi connectivity index (χ2n) is 7.88. The van der Waals surface area contributed by atoms with Crippen LogP contribution in [0.25, 0.3) is 17.1 Å². The lowest BCUT2D eigenvalue weighted by Gasteiger charge is -2.11. The zero-order chi connectivity index (χ0) is 25.5. The van der Waals surface area contributed by atoms with Crippen molar-refractivity contribution in [3.05, 3.63) is 95.0 Å². The van der Waals surface area contributed by atoms with Gasteiger partial charge in [0.25, 0.3) is 0 Å². The Kier molecular flexibility index (Phi) is 8.32. The van der Waals surface area contributed by atoms with Gasteiger partial charge in [-0.15, -0.1) is 10.2 Å². The number of halogens is 4. The van der Waals surface area contributed by atoms with Crippen LogP contribution in [0.3, 0.4) is 0 Å². The molecular formula is C26H22ClF3N4OS. The van der Waals surface area contributed by atoms with Crippen LogP contribution in [-0.2, 0) is 17.5 Å². The summed E-state index contributed by atoms with van der Waals surface area (Å²) in [4.78, 5) is 12.2. The Balaban J connectivity index is 1.36. The fourth-order valence-electron chi connectivity index (χ4n) is 3.53. The molecule has 10 heteroatoms. The highest BCUT2D eigenvalue weighted by Gasteiger charge is 2.30. The molecule has 0 bridgehead atoms. The molecule has 0 aliphatic carbocycles. The zero-order valence-corrected chi connectivity index (χ0v) is 20.6. The van der Waals surface area contributed by atoms with E-state index in [1.165, 1.54) is 17.8 Å². The standard InChI is InChI=1S/C26H22ClF3N4OS/c27-22-13-5-4-12-21(22)24-32-33-25(34(24)20-10-2-1-3-11-20)36-15-7-14-23(35)31-17-18-8-6-9-19(16-18)26(28,29)30/h1-6,8-13,16H,7,14-15,17H2,(H,31,35). The maximum absolute atomic E-state index is 12.9. The van der Waals surface area contributed by atoms with E-state index in [0.29, 0.717) is 33.7 Å². The second-order valence-corrected chi connectivity index (χ2v) is 9.35. The molecule has 0 aliphatic heterocycles. The summed E-state index contributed by atoms with van der Waals surface area (Å²) in [5, 5.41) is 12.6. The SMILES string of the molecule is O=C(CCCSc1nnc(-c2ccccc2Cl)n1-c1ccccc1)NCc1cccc(C(F)(F)F)c1. The highest BCUT2D eigenvalue weighted by atomic mass is 35.5. The van der Waals surface area contributed by atoms with Crippen LogP contribution in [0, 0.1) is 0 Å². The summed E-state index contributed by atoms with van der Waals surface area (Å²) in [5.74, 6) is 0.993. The minimum Gasteiger partial charge on any atom is -0.352 e. The fourth-order valence-corrected chi connectivity index (χ4v) is 4.64. The molecule has 1 N–H and O–H groups in total. The molecule has 0 radical (unpaired) electrons. The Labute approximate surface area is 215 Å². The summed E-state index contributed by atoms with van der Waals surface area (Å²) in [5.41, 5.74) is 1.31. The van der Waals surface area contributed by atoms with Crippen molar-refractivity contribution >= 4 is 29.3 Å². The lowest BCUT2D eigenvalue weighted by molar-refractivity contribution is -0.137. The van der Waals surface area contributed by atoms with Gasteiger partial charge in [0.2, 0.25) is 5.91 Å². The van der Waals surface area contributed by atoms with Crippen LogP contribution >= 0.6 is 23.4 Å². The van der Waals surface area contributed by atoms with Gasteiger partial charge in [-0.05, 0) is 48.4 Å². The number of alkyl halides is 3. The molecule has 4 aromatic rings. The average molecular weight is 531 g/mol. The van der Waals surface area contributed by atoms with Crippen molar-refractivity contribution < 1.29 is 18.0 Å². The predicted octanol–water partition coefficient (Wildman–Crippen LogP) is 6.80. The van der Waals surface area contributed by atoms with E-state index in [2.05, 4.69) is 15.5 Å². The summed E-state index contributed by atoms with van der Waals surface area (Å²) in [6.07, 6.45) is -3.62. The Bertz CT molecular complexity index is 1330. The van der Waals surface area contributed by atoms with E-state index in [4.69, 9.17) is 11.6 Å². The molecule has 0 saturated heterocycles. The van der Waals surface area contributed by atoms with E-state index >= 15 is 0 Å². The first-order valence-electron chi connectivity index (χ1n) is 11.1. The third kappa shape index (κ3) is 6.47. The van der Waals surface area contributed by atoms with Crippen LogP contribution in [0.1, 0.15) is 24.0 Å². The maximum Gasteiger partial charge on any atom is 0.416 e. The quantitative estimate of drug-likeness (QED) is 0.191. The van der Waals surface area contributed by atoms with Crippen molar-refractivity contribution in [3.63, 3.8) is 0 Å². The average Bonchev–Trinajstić information content (AvgIpc) is 3.29. The summed E-state index contributed by atoms with van der Waals surface area (Å²) < 4.78 is 40.5. The van der Waals surface area contributed by atoms with Crippen molar-refractivity contribution in [3.8, 4) is 17.1 Å². The number of para-hydroxylation sites is 1. The van der Waals surface area contributed by atoms with Gasteiger partial charge in [-0.1, -0.05) is 65.8 Å². The summed E-state index contributed by atoms with van der Waals surface area (Å²) >= 11 is 7.87. The van der Waals surface area contributed by atoms with Crippen LogP contribution < -0.4 is 5.32 Å². The minimum absolute atomic E-state index is 0.0411. The van der Waals surface area contributed by atoms with Gasteiger partial charge in [0.15, 0.2) is 11.0 Å². The summed E-state index contributed by atoms with van der Waals surface area (Å²) in [6, 6.07) is 22.0. The van der Waals surface area contributed by atoms with Gasteiger partial charge in [-0.3, -0.25) is 9.36 Å². The van der Waals surface area contributed by atoms with Crippen LogP contribution in [0.5, 0.6) is 0 Å². The molecule has 3 aromatic carbocycles. The molecule has 0 spiro atoms.